The molecule has 0 saturated heterocycles. The van der Waals surface area contributed by atoms with Crippen molar-refractivity contribution in [2.24, 2.45) is 0 Å². The summed E-state index contributed by atoms with van der Waals surface area (Å²) in [6.07, 6.45) is 3.69. The molecule has 5 heteroatoms. The maximum absolute atomic E-state index is 4.50. The first-order chi connectivity index (χ1) is 9.19. The number of nitrogens with one attached hydrogen (secondary N) is 1. The second kappa shape index (κ2) is 6.63. The molecule has 0 aliphatic heterocycles. The molecule has 100 valence electrons. The lowest BCUT2D eigenvalue weighted by Gasteiger charge is -2.07. The molecular formula is C14H18N4S. The van der Waals surface area contributed by atoms with Crippen molar-refractivity contribution in [3.05, 3.63) is 41.3 Å². The van der Waals surface area contributed by atoms with Gasteiger partial charge in [0.25, 0.3) is 0 Å². The van der Waals surface area contributed by atoms with Gasteiger partial charge in [-0.1, -0.05) is 13.0 Å². The van der Waals surface area contributed by atoms with E-state index in [1.54, 1.807) is 6.20 Å². The zero-order valence-electron chi connectivity index (χ0n) is 11.5. The number of nitrogens with zero attached hydrogens (tertiary/aromatic N) is 3. The van der Waals surface area contributed by atoms with E-state index in [4.69, 9.17) is 0 Å². The first kappa shape index (κ1) is 14.0. The van der Waals surface area contributed by atoms with E-state index in [2.05, 4.69) is 40.2 Å². The van der Waals surface area contributed by atoms with E-state index in [1.807, 2.05) is 19.2 Å². The largest absolute Gasteiger partial charge is 0.313 e. The van der Waals surface area contributed by atoms with Gasteiger partial charge in [-0.05, 0) is 49.3 Å². The quantitative estimate of drug-likeness (QED) is 0.850. The average molecular weight is 274 g/mol. The van der Waals surface area contributed by atoms with Crippen molar-refractivity contribution in [2.75, 3.05) is 6.54 Å². The van der Waals surface area contributed by atoms with E-state index >= 15 is 0 Å². The Hall–Kier alpha value is -1.46. The van der Waals surface area contributed by atoms with Crippen LogP contribution in [0.4, 0.5) is 0 Å². The molecule has 2 rings (SSSR count). The predicted octanol–water partition coefficient (Wildman–Crippen LogP) is 2.75. The van der Waals surface area contributed by atoms with Crippen LogP contribution in [0.25, 0.3) is 0 Å². The first-order valence-electron chi connectivity index (χ1n) is 6.32. The molecule has 0 amide bonds. The first-order valence-corrected chi connectivity index (χ1v) is 7.14. The molecule has 2 aromatic rings. The molecule has 1 N–H and O–H groups in total. The maximum Gasteiger partial charge on any atom is 0.194 e. The van der Waals surface area contributed by atoms with Gasteiger partial charge in [-0.2, -0.15) is 0 Å². The summed E-state index contributed by atoms with van der Waals surface area (Å²) in [4.78, 5) is 13.1. The van der Waals surface area contributed by atoms with Crippen LogP contribution in [0.2, 0.25) is 0 Å². The fraction of sp³-hybridized carbons (Fsp3) is 0.357. The van der Waals surface area contributed by atoms with E-state index in [9.17, 15) is 0 Å². The molecule has 0 aromatic carbocycles. The highest BCUT2D eigenvalue weighted by Crippen LogP contribution is 2.25. The van der Waals surface area contributed by atoms with Crippen LogP contribution in [0, 0.1) is 13.8 Å². The lowest BCUT2D eigenvalue weighted by molar-refractivity contribution is 0.721. The zero-order valence-corrected chi connectivity index (χ0v) is 12.3. The monoisotopic (exact) mass is 274 g/mol. The van der Waals surface area contributed by atoms with Gasteiger partial charge in [0.05, 0.1) is 0 Å². The Balaban J connectivity index is 2.13. The third kappa shape index (κ3) is 4.01. The second-order valence-corrected chi connectivity index (χ2v) is 5.28. The van der Waals surface area contributed by atoms with E-state index in [-0.39, 0.29) is 0 Å². The minimum Gasteiger partial charge on any atom is -0.313 e. The summed E-state index contributed by atoms with van der Waals surface area (Å²) in [6, 6.07) is 4.05. The van der Waals surface area contributed by atoms with E-state index in [0.717, 1.165) is 34.5 Å². The highest BCUT2D eigenvalue weighted by molar-refractivity contribution is 7.99. The van der Waals surface area contributed by atoms with E-state index < -0.39 is 0 Å². The summed E-state index contributed by atoms with van der Waals surface area (Å²) in [5, 5.41) is 5.01. The molecular weight excluding hydrogens is 256 g/mol. The van der Waals surface area contributed by atoms with Gasteiger partial charge in [0.1, 0.15) is 5.03 Å². The predicted molar refractivity (Wildman–Crippen MR) is 77.2 cm³/mol. The number of pyridine rings is 1. The van der Waals surface area contributed by atoms with Crippen molar-refractivity contribution in [1.82, 2.24) is 20.3 Å². The van der Waals surface area contributed by atoms with Gasteiger partial charge in [0.2, 0.25) is 0 Å². The summed E-state index contributed by atoms with van der Waals surface area (Å²) < 4.78 is 0. The molecule has 2 aromatic heterocycles. The van der Waals surface area contributed by atoms with Crippen molar-refractivity contribution in [3.8, 4) is 0 Å². The molecule has 4 nitrogen and oxygen atoms in total. The third-order valence-electron chi connectivity index (χ3n) is 2.63. The van der Waals surface area contributed by atoms with Crippen molar-refractivity contribution in [3.63, 3.8) is 0 Å². The zero-order chi connectivity index (χ0) is 13.7. The van der Waals surface area contributed by atoms with Gasteiger partial charge < -0.3 is 5.32 Å². The van der Waals surface area contributed by atoms with Gasteiger partial charge in [-0.3, -0.25) is 0 Å². The molecule has 19 heavy (non-hydrogen) atoms. The number of hydrogen-bond donors (Lipinski definition) is 1. The Morgan fingerprint density at radius 3 is 2.79 bits per heavy atom. The SMILES string of the molecule is CCNCc1cnc(Sc2nccc(C)n2)c(C)c1. The van der Waals surface area contributed by atoms with Crippen LogP contribution >= 0.6 is 11.8 Å². The topological polar surface area (TPSA) is 50.7 Å². The van der Waals surface area contributed by atoms with Gasteiger partial charge in [-0.15, -0.1) is 0 Å². The van der Waals surface area contributed by atoms with Crippen LogP contribution in [0.15, 0.2) is 34.7 Å². The van der Waals surface area contributed by atoms with Crippen LogP contribution in [0.5, 0.6) is 0 Å². The second-order valence-electron chi connectivity index (χ2n) is 4.33. The maximum atomic E-state index is 4.50. The smallest absolute Gasteiger partial charge is 0.194 e. The number of aromatic nitrogens is 3. The Labute approximate surface area is 118 Å². The highest BCUT2D eigenvalue weighted by atomic mass is 32.2. The lowest BCUT2D eigenvalue weighted by atomic mass is 10.2. The standard InChI is InChI=1S/C14H18N4S/c1-4-15-8-12-7-10(2)13(17-9-12)19-14-16-6-5-11(3)18-14/h5-7,9,15H,4,8H2,1-3H3. The molecule has 0 radical (unpaired) electrons. The Bertz CT molecular complexity index is 557. The van der Waals surface area contributed by atoms with Crippen LogP contribution < -0.4 is 5.32 Å². The van der Waals surface area contributed by atoms with Gasteiger partial charge in [0, 0.05) is 24.6 Å². The Kier molecular flexibility index (Phi) is 4.87. The molecule has 0 fully saturated rings. The molecule has 0 aliphatic carbocycles. The van der Waals surface area contributed by atoms with Crippen LogP contribution in [0.1, 0.15) is 23.7 Å². The summed E-state index contributed by atoms with van der Waals surface area (Å²) in [7, 11) is 0. The molecule has 0 atom stereocenters. The number of aryl methyl sites for hydroxylation is 2. The molecule has 0 saturated carbocycles. The molecule has 2 heterocycles. The van der Waals surface area contributed by atoms with Crippen LogP contribution in [-0.4, -0.2) is 21.5 Å². The van der Waals surface area contributed by atoms with Crippen molar-refractivity contribution < 1.29 is 0 Å². The molecule has 0 bridgehead atoms. The van der Waals surface area contributed by atoms with Crippen molar-refractivity contribution in [1.29, 1.82) is 0 Å². The van der Waals surface area contributed by atoms with Gasteiger partial charge in [-0.25, -0.2) is 15.0 Å². The fourth-order valence-corrected chi connectivity index (χ4v) is 2.46. The molecule has 0 unspecified atom stereocenters. The summed E-state index contributed by atoms with van der Waals surface area (Å²) in [5.74, 6) is 0. The lowest BCUT2D eigenvalue weighted by Crippen LogP contribution is -2.12. The highest BCUT2D eigenvalue weighted by Gasteiger charge is 2.06. The van der Waals surface area contributed by atoms with Crippen molar-refractivity contribution in [2.45, 2.75) is 37.5 Å². The Morgan fingerprint density at radius 1 is 1.26 bits per heavy atom. The number of rotatable bonds is 5. The molecule has 0 aliphatic rings. The van der Waals surface area contributed by atoms with Crippen molar-refractivity contribution >= 4 is 11.8 Å². The number of hydrogen-bond acceptors (Lipinski definition) is 5. The summed E-state index contributed by atoms with van der Waals surface area (Å²) >= 11 is 1.51. The normalized spacial score (nSPS) is 10.7. The van der Waals surface area contributed by atoms with E-state index in [0.29, 0.717) is 0 Å². The van der Waals surface area contributed by atoms with E-state index in [1.165, 1.54) is 17.3 Å². The third-order valence-corrected chi connectivity index (χ3v) is 3.63. The summed E-state index contributed by atoms with van der Waals surface area (Å²) in [5.41, 5.74) is 3.33. The average Bonchev–Trinajstić information content (AvgIpc) is 2.39. The molecule has 0 spiro atoms. The summed E-state index contributed by atoms with van der Waals surface area (Å²) in [6.45, 7) is 7.95. The van der Waals surface area contributed by atoms with Gasteiger partial charge in [0.15, 0.2) is 5.16 Å². The van der Waals surface area contributed by atoms with Crippen LogP contribution in [0.3, 0.4) is 0 Å². The fourth-order valence-electron chi connectivity index (χ4n) is 1.65. The Morgan fingerprint density at radius 2 is 2.11 bits per heavy atom. The van der Waals surface area contributed by atoms with Gasteiger partial charge >= 0.3 is 0 Å². The minimum atomic E-state index is 0.745. The van der Waals surface area contributed by atoms with Crippen LogP contribution in [-0.2, 0) is 6.54 Å². The minimum absolute atomic E-state index is 0.745.